The highest BCUT2D eigenvalue weighted by Gasteiger charge is 2.23. The van der Waals surface area contributed by atoms with E-state index in [1.54, 1.807) is 24.5 Å². The van der Waals surface area contributed by atoms with Crippen molar-refractivity contribution in [1.29, 1.82) is 0 Å². The molecule has 3 rings (SSSR count). The molecule has 0 fully saturated rings. The number of pyridine rings is 1. The predicted molar refractivity (Wildman–Crippen MR) is 53.3 cm³/mol. The van der Waals surface area contributed by atoms with Crippen LogP contribution in [0.25, 0.3) is 17.0 Å². The van der Waals surface area contributed by atoms with Crippen LogP contribution < -0.4 is 0 Å². The van der Waals surface area contributed by atoms with Gasteiger partial charge in [0.2, 0.25) is 0 Å². The Morgan fingerprint density at radius 2 is 2.40 bits per heavy atom. The first-order chi connectivity index (χ1) is 7.25. The Labute approximate surface area is 84.8 Å². The van der Waals surface area contributed by atoms with Gasteiger partial charge in [-0.25, -0.2) is 4.79 Å². The summed E-state index contributed by atoms with van der Waals surface area (Å²) in [4.78, 5) is 14.8. The fourth-order valence-corrected chi connectivity index (χ4v) is 1.84. The van der Waals surface area contributed by atoms with E-state index in [1.165, 1.54) is 0 Å². The molecule has 0 radical (unpaired) electrons. The molecular formula is C11H7NO3. The van der Waals surface area contributed by atoms with E-state index < -0.39 is 5.97 Å². The minimum Gasteiger partial charge on any atom is -0.478 e. The van der Waals surface area contributed by atoms with E-state index in [2.05, 4.69) is 4.98 Å². The Hall–Kier alpha value is -2.10. The third kappa shape index (κ3) is 1.08. The third-order valence-electron chi connectivity index (χ3n) is 2.55. The van der Waals surface area contributed by atoms with Gasteiger partial charge in [0, 0.05) is 35.3 Å². The van der Waals surface area contributed by atoms with E-state index in [0.717, 1.165) is 22.3 Å². The molecule has 2 aromatic heterocycles. The van der Waals surface area contributed by atoms with Crippen molar-refractivity contribution in [3.63, 3.8) is 0 Å². The Bertz CT molecular complexity index is 595. The van der Waals surface area contributed by atoms with Crippen LogP contribution in [0.4, 0.5) is 0 Å². The van der Waals surface area contributed by atoms with Gasteiger partial charge >= 0.3 is 5.97 Å². The van der Waals surface area contributed by atoms with Crippen molar-refractivity contribution >= 4 is 23.0 Å². The molecule has 15 heavy (non-hydrogen) atoms. The van der Waals surface area contributed by atoms with Crippen LogP contribution in [-0.4, -0.2) is 16.1 Å². The standard InChI is InChI=1S/C11H7NO3/c13-11(14)6-3-7-8-5-12-2-1-9(8)15-10(7)4-6/h1-3,5H,4H2,(H,13,14). The van der Waals surface area contributed by atoms with Gasteiger partial charge in [-0.05, 0) is 12.1 Å². The summed E-state index contributed by atoms with van der Waals surface area (Å²) in [6.45, 7) is 0. The summed E-state index contributed by atoms with van der Waals surface area (Å²) in [6.07, 6.45) is 5.37. The molecule has 0 aliphatic heterocycles. The number of furan rings is 1. The highest BCUT2D eigenvalue weighted by molar-refractivity contribution is 6.00. The van der Waals surface area contributed by atoms with E-state index in [0.29, 0.717) is 12.0 Å². The second-order valence-electron chi connectivity index (χ2n) is 3.46. The van der Waals surface area contributed by atoms with Crippen LogP contribution in [0.1, 0.15) is 11.3 Å². The minimum absolute atomic E-state index is 0.360. The van der Waals surface area contributed by atoms with Crippen LogP contribution in [-0.2, 0) is 11.2 Å². The second kappa shape index (κ2) is 2.70. The molecule has 0 aromatic carbocycles. The number of fused-ring (bicyclic) bond motifs is 3. The van der Waals surface area contributed by atoms with Gasteiger partial charge in [-0.1, -0.05) is 0 Å². The zero-order valence-electron chi connectivity index (χ0n) is 7.73. The number of nitrogens with zero attached hydrogens (tertiary/aromatic N) is 1. The van der Waals surface area contributed by atoms with Crippen molar-refractivity contribution in [3.8, 4) is 0 Å². The Balaban J connectivity index is 2.25. The van der Waals surface area contributed by atoms with Crippen molar-refractivity contribution in [2.45, 2.75) is 6.42 Å². The van der Waals surface area contributed by atoms with Crippen molar-refractivity contribution in [1.82, 2.24) is 4.98 Å². The van der Waals surface area contributed by atoms with Crippen LogP contribution >= 0.6 is 0 Å². The van der Waals surface area contributed by atoms with E-state index in [4.69, 9.17) is 9.52 Å². The lowest BCUT2D eigenvalue weighted by Gasteiger charge is -1.91. The van der Waals surface area contributed by atoms with Crippen LogP contribution in [0.2, 0.25) is 0 Å². The number of carboxylic acid groups (broad SMARTS) is 1. The predicted octanol–water partition coefficient (Wildman–Crippen LogP) is 1.85. The average molecular weight is 201 g/mol. The van der Waals surface area contributed by atoms with Gasteiger partial charge in [-0.3, -0.25) is 4.98 Å². The zero-order chi connectivity index (χ0) is 10.4. The molecule has 0 atom stereocenters. The molecule has 0 bridgehead atoms. The lowest BCUT2D eigenvalue weighted by molar-refractivity contribution is -0.132. The number of hydrogen-bond acceptors (Lipinski definition) is 3. The molecule has 2 aromatic rings. The molecule has 1 N–H and O–H groups in total. The normalized spacial score (nSPS) is 14.0. The first-order valence-electron chi connectivity index (χ1n) is 4.55. The SMILES string of the molecule is O=C(O)C1=Cc2c(oc3ccncc23)C1. The molecule has 1 aliphatic rings. The maximum atomic E-state index is 10.8. The number of carboxylic acids is 1. The van der Waals surface area contributed by atoms with Crippen molar-refractivity contribution in [3.05, 3.63) is 35.4 Å². The fourth-order valence-electron chi connectivity index (χ4n) is 1.84. The van der Waals surface area contributed by atoms with Gasteiger partial charge in [0.25, 0.3) is 0 Å². The summed E-state index contributed by atoms with van der Waals surface area (Å²) >= 11 is 0. The van der Waals surface area contributed by atoms with E-state index in [-0.39, 0.29) is 0 Å². The molecule has 1 aliphatic carbocycles. The highest BCUT2D eigenvalue weighted by Crippen LogP contribution is 2.33. The third-order valence-corrected chi connectivity index (χ3v) is 2.55. The van der Waals surface area contributed by atoms with Crippen LogP contribution in [0.3, 0.4) is 0 Å². The smallest absolute Gasteiger partial charge is 0.332 e. The molecule has 0 spiro atoms. The lowest BCUT2D eigenvalue weighted by Crippen LogP contribution is -1.99. The summed E-state index contributed by atoms with van der Waals surface area (Å²) in [5, 5.41) is 9.73. The molecule has 0 saturated heterocycles. The molecule has 0 saturated carbocycles. The van der Waals surface area contributed by atoms with Gasteiger partial charge in [0.1, 0.15) is 11.3 Å². The number of hydrogen-bond donors (Lipinski definition) is 1. The second-order valence-corrected chi connectivity index (χ2v) is 3.46. The number of rotatable bonds is 1. The molecule has 0 amide bonds. The monoisotopic (exact) mass is 201 g/mol. The van der Waals surface area contributed by atoms with Crippen molar-refractivity contribution < 1.29 is 14.3 Å². The highest BCUT2D eigenvalue weighted by atomic mass is 16.4. The van der Waals surface area contributed by atoms with E-state index >= 15 is 0 Å². The van der Waals surface area contributed by atoms with Gasteiger partial charge in [-0.2, -0.15) is 0 Å². The molecular weight excluding hydrogens is 194 g/mol. The van der Waals surface area contributed by atoms with Crippen LogP contribution in [0, 0.1) is 0 Å². The summed E-state index contributed by atoms with van der Waals surface area (Å²) < 4.78 is 5.54. The zero-order valence-corrected chi connectivity index (χ0v) is 7.73. The minimum atomic E-state index is -0.890. The Morgan fingerprint density at radius 1 is 1.53 bits per heavy atom. The van der Waals surface area contributed by atoms with Crippen LogP contribution in [0.15, 0.2) is 28.5 Å². The Morgan fingerprint density at radius 3 is 3.20 bits per heavy atom. The van der Waals surface area contributed by atoms with Crippen molar-refractivity contribution in [2.24, 2.45) is 0 Å². The maximum Gasteiger partial charge on any atom is 0.332 e. The van der Waals surface area contributed by atoms with Crippen LogP contribution in [0.5, 0.6) is 0 Å². The number of aromatic nitrogens is 1. The summed E-state index contributed by atoms with van der Waals surface area (Å²) in [5.41, 5.74) is 1.99. The fraction of sp³-hybridized carbons (Fsp3) is 0.0909. The molecule has 0 unspecified atom stereocenters. The molecule has 2 heterocycles. The number of aliphatic carboxylic acids is 1. The van der Waals surface area contributed by atoms with Crippen molar-refractivity contribution in [2.75, 3.05) is 0 Å². The topological polar surface area (TPSA) is 63.3 Å². The van der Waals surface area contributed by atoms with Gasteiger partial charge in [0.05, 0.1) is 0 Å². The lowest BCUT2D eigenvalue weighted by atomic mass is 10.2. The summed E-state index contributed by atoms with van der Waals surface area (Å²) in [6, 6.07) is 1.78. The van der Waals surface area contributed by atoms with E-state index in [9.17, 15) is 4.79 Å². The van der Waals surface area contributed by atoms with E-state index in [1.807, 2.05) is 0 Å². The van der Waals surface area contributed by atoms with Gasteiger partial charge < -0.3 is 9.52 Å². The average Bonchev–Trinajstić information content (AvgIpc) is 2.73. The summed E-state index contributed by atoms with van der Waals surface area (Å²) in [5.74, 6) is -0.172. The number of carbonyl (C=O) groups is 1. The molecule has 74 valence electrons. The first kappa shape index (κ1) is 8.23. The molecule has 4 nitrogen and oxygen atoms in total. The largest absolute Gasteiger partial charge is 0.478 e. The first-order valence-corrected chi connectivity index (χ1v) is 4.55. The molecule has 4 heteroatoms. The summed E-state index contributed by atoms with van der Waals surface area (Å²) in [7, 11) is 0. The van der Waals surface area contributed by atoms with Gasteiger partial charge in [0.15, 0.2) is 0 Å². The van der Waals surface area contributed by atoms with Gasteiger partial charge in [-0.15, -0.1) is 0 Å². The Kier molecular flexibility index (Phi) is 1.48. The maximum absolute atomic E-state index is 10.8. The quantitative estimate of drug-likeness (QED) is 0.764.